The number of amides is 2. The molecule has 1 heterocycles. The summed E-state index contributed by atoms with van der Waals surface area (Å²) >= 11 is 6.16. The van der Waals surface area contributed by atoms with Crippen molar-refractivity contribution in [3.63, 3.8) is 0 Å². The highest BCUT2D eigenvalue weighted by Gasteiger charge is 2.21. The van der Waals surface area contributed by atoms with Gasteiger partial charge in [0.1, 0.15) is 5.75 Å². The van der Waals surface area contributed by atoms with E-state index in [1.165, 1.54) is 5.69 Å². The van der Waals surface area contributed by atoms with Gasteiger partial charge in [0.15, 0.2) is 6.73 Å². The van der Waals surface area contributed by atoms with E-state index in [2.05, 4.69) is 22.3 Å². The van der Waals surface area contributed by atoms with E-state index in [-0.39, 0.29) is 12.8 Å². The summed E-state index contributed by atoms with van der Waals surface area (Å²) in [5.74, 6) is 0.707. The van der Waals surface area contributed by atoms with Crippen molar-refractivity contribution in [2.24, 2.45) is 0 Å². The summed E-state index contributed by atoms with van der Waals surface area (Å²) < 4.78 is 5.65. The SMILES string of the molecule is Cc1cc(OCNC(=O)N2CCN(c3ccccc3)CC2)cc(C)c1Cl. The maximum absolute atomic E-state index is 12.3. The number of nitrogens with one attached hydrogen (secondary N) is 1. The molecule has 0 spiro atoms. The normalized spacial score (nSPS) is 14.3. The van der Waals surface area contributed by atoms with Gasteiger partial charge in [0, 0.05) is 36.9 Å². The molecule has 138 valence electrons. The summed E-state index contributed by atoms with van der Waals surface area (Å²) in [4.78, 5) is 16.4. The highest BCUT2D eigenvalue weighted by atomic mass is 35.5. The molecule has 2 aromatic rings. The third-order valence-corrected chi connectivity index (χ3v) is 5.16. The van der Waals surface area contributed by atoms with Crippen molar-refractivity contribution in [1.29, 1.82) is 0 Å². The van der Waals surface area contributed by atoms with Crippen molar-refractivity contribution in [2.45, 2.75) is 13.8 Å². The molecule has 6 heteroatoms. The van der Waals surface area contributed by atoms with E-state index in [1.54, 1.807) is 0 Å². The maximum Gasteiger partial charge on any atom is 0.320 e. The molecule has 26 heavy (non-hydrogen) atoms. The molecule has 1 N–H and O–H groups in total. The molecule has 1 aliphatic heterocycles. The predicted octanol–water partition coefficient (Wildman–Crippen LogP) is 3.82. The minimum absolute atomic E-state index is 0.0971. The number of piperazine rings is 1. The van der Waals surface area contributed by atoms with E-state index < -0.39 is 0 Å². The van der Waals surface area contributed by atoms with Gasteiger partial charge in [-0.3, -0.25) is 0 Å². The lowest BCUT2D eigenvalue weighted by atomic mass is 10.1. The minimum atomic E-state index is -0.0971. The number of hydrogen-bond acceptors (Lipinski definition) is 3. The Morgan fingerprint density at radius 3 is 2.31 bits per heavy atom. The van der Waals surface area contributed by atoms with Crippen LogP contribution in [0.5, 0.6) is 5.75 Å². The van der Waals surface area contributed by atoms with E-state index in [1.807, 2.05) is 49.1 Å². The Balaban J connectivity index is 1.45. The molecule has 0 saturated carbocycles. The number of urea groups is 1. The molecule has 1 aliphatic rings. The van der Waals surface area contributed by atoms with Crippen LogP contribution in [0.3, 0.4) is 0 Å². The van der Waals surface area contributed by atoms with E-state index in [4.69, 9.17) is 16.3 Å². The Hall–Kier alpha value is -2.40. The second-order valence-electron chi connectivity index (χ2n) is 6.45. The number of carbonyl (C=O) groups excluding carboxylic acids is 1. The molecule has 0 aromatic heterocycles. The van der Waals surface area contributed by atoms with Crippen molar-refractivity contribution < 1.29 is 9.53 Å². The number of benzene rings is 2. The van der Waals surface area contributed by atoms with Crippen LogP contribution >= 0.6 is 11.6 Å². The summed E-state index contributed by atoms with van der Waals surface area (Å²) in [6, 6.07) is 13.9. The van der Waals surface area contributed by atoms with Gasteiger partial charge in [-0.2, -0.15) is 0 Å². The molecule has 3 rings (SSSR count). The number of nitrogens with zero attached hydrogens (tertiary/aromatic N) is 2. The van der Waals surface area contributed by atoms with Crippen LogP contribution in [0.15, 0.2) is 42.5 Å². The first kappa shape index (κ1) is 18.4. The number of rotatable bonds is 4. The quantitative estimate of drug-likeness (QED) is 0.828. The lowest BCUT2D eigenvalue weighted by Gasteiger charge is -2.36. The zero-order chi connectivity index (χ0) is 18.5. The summed E-state index contributed by atoms with van der Waals surface area (Å²) in [5.41, 5.74) is 3.12. The molecule has 2 amide bonds. The third kappa shape index (κ3) is 4.41. The standard InChI is InChI=1S/C20H24ClN3O2/c1-15-12-18(13-16(2)19(15)21)26-14-22-20(25)24-10-8-23(9-11-24)17-6-4-3-5-7-17/h3-7,12-13H,8-11,14H2,1-2H3,(H,22,25). The van der Waals surface area contributed by atoms with Gasteiger partial charge in [0.05, 0.1) is 0 Å². The van der Waals surface area contributed by atoms with E-state index in [0.29, 0.717) is 18.8 Å². The molecule has 1 saturated heterocycles. The fourth-order valence-corrected chi connectivity index (χ4v) is 3.20. The van der Waals surface area contributed by atoms with Gasteiger partial charge in [-0.25, -0.2) is 4.79 Å². The Morgan fingerprint density at radius 2 is 1.69 bits per heavy atom. The Bertz CT molecular complexity index is 736. The highest BCUT2D eigenvalue weighted by Crippen LogP contribution is 2.25. The first-order chi connectivity index (χ1) is 12.5. The fraction of sp³-hybridized carbons (Fsp3) is 0.350. The third-order valence-electron chi connectivity index (χ3n) is 4.56. The smallest absolute Gasteiger partial charge is 0.320 e. The predicted molar refractivity (Wildman–Crippen MR) is 105 cm³/mol. The first-order valence-electron chi connectivity index (χ1n) is 8.77. The average Bonchev–Trinajstić information content (AvgIpc) is 2.67. The number of aryl methyl sites for hydroxylation is 2. The molecule has 0 radical (unpaired) electrons. The summed E-state index contributed by atoms with van der Waals surface area (Å²) in [7, 11) is 0. The Morgan fingerprint density at radius 1 is 1.08 bits per heavy atom. The van der Waals surface area contributed by atoms with Gasteiger partial charge in [-0.15, -0.1) is 0 Å². The molecule has 0 bridgehead atoms. The molecule has 0 aliphatic carbocycles. The van der Waals surface area contributed by atoms with Gasteiger partial charge in [-0.1, -0.05) is 29.8 Å². The van der Waals surface area contributed by atoms with Crippen LogP contribution in [0.4, 0.5) is 10.5 Å². The Kier molecular flexibility index (Phi) is 5.89. The molecular formula is C20H24ClN3O2. The number of hydrogen-bond donors (Lipinski definition) is 1. The molecular weight excluding hydrogens is 350 g/mol. The van der Waals surface area contributed by atoms with E-state index in [9.17, 15) is 4.79 Å². The van der Waals surface area contributed by atoms with Gasteiger partial charge < -0.3 is 19.9 Å². The van der Waals surface area contributed by atoms with Crippen molar-refractivity contribution in [2.75, 3.05) is 37.8 Å². The second kappa shape index (κ2) is 8.32. The number of halogens is 1. The van der Waals surface area contributed by atoms with Crippen molar-refractivity contribution in [3.05, 3.63) is 58.6 Å². The highest BCUT2D eigenvalue weighted by molar-refractivity contribution is 6.32. The van der Waals surface area contributed by atoms with Crippen LogP contribution in [-0.4, -0.2) is 43.8 Å². The zero-order valence-corrected chi connectivity index (χ0v) is 15.9. The molecule has 5 nitrogen and oxygen atoms in total. The lowest BCUT2D eigenvalue weighted by Crippen LogP contribution is -2.52. The largest absolute Gasteiger partial charge is 0.473 e. The summed E-state index contributed by atoms with van der Waals surface area (Å²) in [5, 5.41) is 3.57. The van der Waals surface area contributed by atoms with Gasteiger partial charge in [-0.05, 0) is 49.2 Å². The summed E-state index contributed by atoms with van der Waals surface area (Å²) in [6.07, 6.45) is 0. The van der Waals surface area contributed by atoms with Crippen LogP contribution in [0.2, 0.25) is 5.02 Å². The molecule has 2 aromatic carbocycles. The van der Waals surface area contributed by atoms with Gasteiger partial charge >= 0.3 is 6.03 Å². The maximum atomic E-state index is 12.3. The van der Waals surface area contributed by atoms with Gasteiger partial charge in [0.25, 0.3) is 0 Å². The van der Waals surface area contributed by atoms with E-state index >= 15 is 0 Å². The van der Waals surface area contributed by atoms with Crippen LogP contribution in [0.25, 0.3) is 0 Å². The monoisotopic (exact) mass is 373 g/mol. The minimum Gasteiger partial charge on any atom is -0.473 e. The van der Waals surface area contributed by atoms with Crippen molar-refractivity contribution in [3.8, 4) is 5.75 Å². The zero-order valence-electron chi connectivity index (χ0n) is 15.2. The topological polar surface area (TPSA) is 44.8 Å². The Labute approximate surface area is 159 Å². The fourth-order valence-electron chi connectivity index (χ4n) is 3.09. The van der Waals surface area contributed by atoms with Crippen LogP contribution < -0.4 is 15.0 Å². The average molecular weight is 374 g/mol. The lowest BCUT2D eigenvalue weighted by molar-refractivity contribution is 0.181. The molecule has 1 fully saturated rings. The van der Waals surface area contributed by atoms with Crippen LogP contribution in [0, 0.1) is 13.8 Å². The van der Waals surface area contributed by atoms with Crippen LogP contribution in [0.1, 0.15) is 11.1 Å². The number of anilines is 1. The second-order valence-corrected chi connectivity index (χ2v) is 6.83. The number of ether oxygens (including phenoxy) is 1. The van der Waals surface area contributed by atoms with E-state index in [0.717, 1.165) is 29.2 Å². The number of carbonyl (C=O) groups is 1. The molecule has 0 atom stereocenters. The van der Waals surface area contributed by atoms with Crippen molar-refractivity contribution in [1.82, 2.24) is 10.2 Å². The first-order valence-corrected chi connectivity index (χ1v) is 9.14. The van der Waals surface area contributed by atoms with Crippen molar-refractivity contribution >= 4 is 23.3 Å². The summed E-state index contributed by atoms with van der Waals surface area (Å²) in [6.45, 7) is 7.06. The van der Waals surface area contributed by atoms with Crippen LogP contribution in [-0.2, 0) is 0 Å². The number of para-hydroxylation sites is 1. The molecule has 0 unspecified atom stereocenters. The van der Waals surface area contributed by atoms with Gasteiger partial charge in [0.2, 0.25) is 0 Å².